The predicted octanol–water partition coefficient (Wildman–Crippen LogP) is 6.88. The number of carboxylic acids is 1. The van der Waals surface area contributed by atoms with Crippen molar-refractivity contribution in [2.45, 2.75) is 50.9 Å². The van der Waals surface area contributed by atoms with Crippen LogP contribution in [-0.4, -0.2) is 38.2 Å². The fourth-order valence-corrected chi connectivity index (χ4v) is 7.56. The van der Waals surface area contributed by atoms with Crippen molar-refractivity contribution in [3.05, 3.63) is 58.1 Å². The van der Waals surface area contributed by atoms with Crippen LogP contribution in [0.25, 0.3) is 17.2 Å². The van der Waals surface area contributed by atoms with E-state index in [0.717, 1.165) is 51.8 Å². The first kappa shape index (κ1) is 25.3. The number of aryl methyl sites for hydroxylation is 1. The molecule has 0 amide bonds. The average molecular weight is 511 g/mol. The van der Waals surface area contributed by atoms with Gasteiger partial charge in [0, 0.05) is 29.3 Å². The van der Waals surface area contributed by atoms with Gasteiger partial charge < -0.3 is 19.3 Å². The Morgan fingerprint density at radius 3 is 2.36 bits per heavy atom. The van der Waals surface area contributed by atoms with Crippen molar-refractivity contribution >= 4 is 23.6 Å². The molecule has 4 bridgehead atoms. The first-order chi connectivity index (χ1) is 17.4. The zero-order chi connectivity index (χ0) is 25.3. The Hall–Kier alpha value is -2.34. The molecule has 2 aromatic carbocycles. The molecule has 0 spiro atoms. The summed E-state index contributed by atoms with van der Waals surface area (Å²) in [6.07, 6.45) is 10.5. The van der Waals surface area contributed by atoms with Crippen LogP contribution < -0.4 is 4.74 Å². The molecule has 36 heavy (non-hydrogen) atoms. The van der Waals surface area contributed by atoms with Gasteiger partial charge in [-0.05, 0) is 110 Å². The Bertz CT molecular complexity index is 1120. The van der Waals surface area contributed by atoms with Gasteiger partial charge in [0.15, 0.2) is 6.79 Å². The van der Waals surface area contributed by atoms with Crippen LogP contribution in [0.15, 0.2) is 36.4 Å². The van der Waals surface area contributed by atoms with Gasteiger partial charge in [0.25, 0.3) is 0 Å². The molecule has 0 atom stereocenters. The second-order valence-corrected chi connectivity index (χ2v) is 11.3. The number of carbonyl (C=O) groups is 1. The SMILES string of the molecule is COCCOCOc1cc(C)c(-c2ccc(/C=C/C(=O)O)cc2Cl)cc1C12CC3CC(CC(C3)C1)C2. The fraction of sp³-hybridized carbons (Fsp3) is 0.500. The van der Waals surface area contributed by atoms with Crippen molar-refractivity contribution in [3.8, 4) is 16.9 Å². The number of methoxy groups -OCH3 is 1. The van der Waals surface area contributed by atoms with Gasteiger partial charge >= 0.3 is 5.97 Å². The Labute approximate surface area is 218 Å². The molecule has 0 aliphatic heterocycles. The quantitative estimate of drug-likeness (QED) is 0.214. The lowest BCUT2D eigenvalue weighted by Crippen LogP contribution is -2.48. The van der Waals surface area contributed by atoms with E-state index in [4.69, 9.17) is 30.9 Å². The van der Waals surface area contributed by atoms with Crippen LogP contribution in [0.5, 0.6) is 5.75 Å². The van der Waals surface area contributed by atoms with Gasteiger partial charge in [-0.3, -0.25) is 0 Å². The number of carboxylic acid groups (broad SMARTS) is 1. The number of rotatable bonds is 10. The molecule has 4 aliphatic rings. The van der Waals surface area contributed by atoms with E-state index >= 15 is 0 Å². The van der Waals surface area contributed by atoms with Crippen LogP contribution >= 0.6 is 11.6 Å². The molecule has 192 valence electrons. The number of hydrogen-bond donors (Lipinski definition) is 1. The Kier molecular flexibility index (Phi) is 7.43. The lowest BCUT2D eigenvalue weighted by Gasteiger charge is -2.57. The molecule has 0 saturated heterocycles. The number of hydrogen-bond acceptors (Lipinski definition) is 4. The molecule has 6 heteroatoms. The molecule has 6 rings (SSSR count). The minimum atomic E-state index is -0.979. The van der Waals surface area contributed by atoms with E-state index in [2.05, 4.69) is 19.1 Å². The number of ether oxygens (including phenoxy) is 3. The monoisotopic (exact) mass is 510 g/mol. The predicted molar refractivity (Wildman–Crippen MR) is 141 cm³/mol. The summed E-state index contributed by atoms with van der Waals surface area (Å²) in [6, 6.07) is 10.2. The van der Waals surface area contributed by atoms with Crippen molar-refractivity contribution in [1.82, 2.24) is 0 Å². The molecular weight excluding hydrogens is 476 g/mol. The highest BCUT2D eigenvalue weighted by molar-refractivity contribution is 6.33. The summed E-state index contributed by atoms with van der Waals surface area (Å²) in [7, 11) is 1.66. The standard InChI is InChI=1S/C30H35ClO5/c1-19-9-28(36-18-35-8-7-34-2)26(30-15-21-10-22(16-30)12-23(11-21)17-30)14-25(19)24-5-3-20(13-27(24)31)4-6-29(32)33/h3-6,9,13-14,21-23H,7-8,10-12,15-18H2,1-2H3,(H,32,33)/b6-4+. The lowest BCUT2D eigenvalue weighted by atomic mass is 9.48. The summed E-state index contributed by atoms with van der Waals surface area (Å²) in [5.74, 6) is 2.39. The van der Waals surface area contributed by atoms with Gasteiger partial charge in [0.1, 0.15) is 5.75 Å². The average Bonchev–Trinajstić information content (AvgIpc) is 2.82. The van der Waals surface area contributed by atoms with E-state index in [1.807, 2.05) is 18.2 Å². The molecule has 2 aromatic rings. The fourth-order valence-electron chi connectivity index (χ4n) is 7.27. The highest BCUT2D eigenvalue weighted by atomic mass is 35.5. The molecule has 0 radical (unpaired) electrons. The van der Waals surface area contributed by atoms with Crippen LogP contribution in [0.4, 0.5) is 0 Å². The van der Waals surface area contributed by atoms with Crippen LogP contribution in [0.2, 0.25) is 5.02 Å². The second kappa shape index (κ2) is 10.6. The summed E-state index contributed by atoms with van der Waals surface area (Å²) in [5, 5.41) is 9.55. The van der Waals surface area contributed by atoms with Gasteiger partial charge in [-0.25, -0.2) is 4.79 Å². The molecule has 0 heterocycles. The maximum Gasteiger partial charge on any atom is 0.328 e. The van der Waals surface area contributed by atoms with Crippen molar-refractivity contribution in [2.24, 2.45) is 17.8 Å². The Morgan fingerprint density at radius 1 is 1.06 bits per heavy atom. The summed E-state index contributed by atoms with van der Waals surface area (Å²) >= 11 is 6.75. The minimum Gasteiger partial charge on any atom is -0.478 e. The number of halogens is 1. The molecule has 4 saturated carbocycles. The number of aliphatic carboxylic acids is 1. The van der Waals surface area contributed by atoms with Gasteiger partial charge in [-0.15, -0.1) is 0 Å². The van der Waals surface area contributed by atoms with Crippen molar-refractivity contribution in [3.63, 3.8) is 0 Å². The van der Waals surface area contributed by atoms with Gasteiger partial charge in [-0.2, -0.15) is 0 Å². The maximum absolute atomic E-state index is 10.9. The third-order valence-corrected chi connectivity index (χ3v) is 8.68. The zero-order valence-electron chi connectivity index (χ0n) is 21.1. The first-order valence-electron chi connectivity index (χ1n) is 12.9. The van der Waals surface area contributed by atoms with E-state index in [9.17, 15) is 4.79 Å². The molecule has 0 aromatic heterocycles. The Balaban J connectivity index is 1.52. The Morgan fingerprint density at radius 2 is 1.75 bits per heavy atom. The third-order valence-electron chi connectivity index (χ3n) is 8.37. The van der Waals surface area contributed by atoms with Crippen LogP contribution in [-0.2, 0) is 19.7 Å². The van der Waals surface area contributed by atoms with Crippen molar-refractivity contribution in [1.29, 1.82) is 0 Å². The molecule has 4 aliphatic carbocycles. The van der Waals surface area contributed by atoms with Gasteiger partial charge in [-0.1, -0.05) is 23.7 Å². The topological polar surface area (TPSA) is 65.0 Å². The minimum absolute atomic E-state index is 0.149. The second-order valence-electron chi connectivity index (χ2n) is 10.9. The van der Waals surface area contributed by atoms with Crippen molar-refractivity contribution < 1.29 is 24.1 Å². The van der Waals surface area contributed by atoms with E-state index in [-0.39, 0.29) is 12.2 Å². The summed E-state index contributed by atoms with van der Waals surface area (Å²) < 4.78 is 17.0. The molecule has 5 nitrogen and oxygen atoms in total. The highest BCUT2D eigenvalue weighted by Crippen LogP contribution is 2.62. The van der Waals surface area contributed by atoms with Crippen LogP contribution in [0.3, 0.4) is 0 Å². The van der Waals surface area contributed by atoms with E-state index in [1.165, 1.54) is 44.1 Å². The largest absolute Gasteiger partial charge is 0.478 e. The molecular formula is C30H35ClO5. The third kappa shape index (κ3) is 5.20. The summed E-state index contributed by atoms with van der Waals surface area (Å²) in [5.41, 5.74) is 5.35. The van der Waals surface area contributed by atoms with Crippen LogP contribution in [0, 0.1) is 24.7 Å². The molecule has 1 N–H and O–H groups in total. The van der Waals surface area contributed by atoms with Crippen LogP contribution in [0.1, 0.15) is 55.2 Å². The first-order valence-corrected chi connectivity index (χ1v) is 13.3. The molecule has 0 unspecified atom stereocenters. The van der Waals surface area contributed by atoms with E-state index in [0.29, 0.717) is 18.2 Å². The maximum atomic E-state index is 10.9. The zero-order valence-corrected chi connectivity index (χ0v) is 21.9. The normalized spacial score (nSPS) is 26.6. The smallest absolute Gasteiger partial charge is 0.328 e. The number of benzene rings is 2. The van der Waals surface area contributed by atoms with Gasteiger partial charge in [0.05, 0.1) is 13.2 Å². The summed E-state index contributed by atoms with van der Waals surface area (Å²) in [4.78, 5) is 10.9. The van der Waals surface area contributed by atoms with Gasteiger partial charge in [0.2, 0.25) is 0 Å². The van der Waals surface area contributed by atoms with Crippen molar-refractivity contribution in [2.75, 3.05) is 27.1 Å². The summed E-state index contributed by atoms with van der Waals surface area (Å²) in [6.45, 7) is 3.33. The lowest BCUT2D eigenvalue weighted by molar-refractivity contribution is -0.131. The van der Waals surface area contributed by atoms with E-state index in [1.54, 1.807) is 13.2 Å². The van der Waals surface area contributed by atoms with E-state index < -0.39 is 5.97 Å². The molecule has 4 fully saturated rings. The highest BCUT2D eigenvalue weighted by Gasteiger charge is 2.52.